The number of nitrogens with zero attached hydrogens (tertiary/aromatic N) is 1. The third-order valence-corrected chi connectivity index (χ3v) is 2.48. The van der Waals surface area contributed by atoms with E-state index >= 15 is 0 Å². The molecule has 1 aromatic carbocycles. The largest absolute Gasteiger partial charge is 0.439 e. The number of rotatable bonds is 2. The van der Waals surface area contributed by atoms with E-state index in [-0.39, 0.29) is 11.8 Å². The molecule has 0 spiro atoms. The number of aryl methyl sites for hydroxylation is 1. The molecule has 2 rings (SSSR count). The van der Waals surface area contributed by atoms with E-state index in [9.17, 15) is 4.79 Å². The monoisotopic (exact) mass is 240 g/mol. The second kappa shape index (κ2) is 4.76. The minimum absolute atomic E-state index is 0.195. The number of benzene rings is 1. The van der Waals surface area contributed by atoms with Gasteiger partial charge in [0.15, 0.2) is 0 Å². The quantitative estimate of drug-likeness (QED) is 0.877. The number of amides is 1. The van der Waals surface area contributed by atoms with Gasteiger partial charge >= 0.3 is 0 Å². The minimum Gasteiger partial charge on any atom is -0.439 e. The summed E-state index contributed by atoms with van der Waals surface area (Å²) in [4.78, 5) is 11.0. The lowest BCUT2D eigenvalue weighted by Crippen LogP contribution is -2.05. The topological polar surface area (TPSA) is 66.0 Å². The maximum absolute atomic E-state index is 11.0. The summed E-state index contributed by atoms with van der Waals surface area (Å²) in [6.45, 7) is 3.37. The molecule has 1 N–H and O–H groups in total. The van der Waals surface area contributed by atoms with Gasteiger partial charge < -0.3 is 4.42 Å². The molecule has 4 nitrogen and oxygen atoms in total. The van der Waals surface area contributed by atoms with Crippen molar-refractivity contribution in [3.63, 3.8) is 0 Å². The van der Waals surface area contributed by atoms with Crippen LogP contribution in [0.4, 0.5) is 5.88 Å². The van der Waals surface area contributed by atoms with Crippen molar-refractivity contribution in [1.29, 1.82) is 5.26 Å². The summed E-state index contributed by atoms with van der Waals surface area (Å²) < 4.78 is 5.49. The normalized spacial score (nSPS) is 9.83. The molecule has 0 unspecified atom stereocenters. The molecule has 0 bridgehead atoms. The molecular weight excluding hydrogens is 228 g/mol. The zero-order valence-corrected chi connectivity index (χ0v) is 10.2. The van der Waals surface area contributed by atoms with Crippen LogP contribution in [-0.2, 0) is 4.79 Å². The van der Waals surface area contributed by atoms with Gasteiger partial charge in [-0.3, -0.25) is 10.1 Å². The summed E-state index contributed by atoms with van der Waals surface area (Å²) in [6.07, 6.45) is 0. The van der Waals surface area contributed by atoms with Crippen molar-refractivity contribution in [3.8, 4) is 17.4 Å². The van der Waals surface area contributed by atoms with Gasteiger partial charge in [-0.2, -0.15) is 5.26 Å². The first kappa shape index (κ1) is 11.9. The van der Waals surface area contributed by atoms with Gasteiger partial charge in [0.1, 0.15) is 17.4 Å². The lowest BCUT2D eigenvalue weighted by Gasteiger charge is -1.98. The summed E-state index contributed by atoms with van der Waals surface area (Å²) in [7, 11) is 0. The van der Waals surface area contributed by atoms with E-state index in [1.54, 1.807) is 6.07 Å². The molecule has 0 fully saturated rings. The standard InChI is InChI=1S/C14H12N2O2/c1-9-3-5-11(6-4-9)13-7-12(8-15)14(18-13)16-10(2)17/h3-7H,1-2H3,(H,16,17). The zero-order valence-electron chi connectivity index (χ0n) is 10.2. The zero-order chi connectivity index (χ0) is 13.1. The van der Waals surface area contributed by atoms with Gasteiger partial charge in [0.05, 0.1) is 0 Å². The minimum atomic E-state index is -0.267. The number of carbonyl (C=O) groups excluding carboxylic acids is 1. The molecule has 0 atom stereocenters. The molecule has 18 heavy (non-hydrogen) atoms. The molecule has 0 aliphatic heterocycles. The van der Waals surface area contributed by atoms with Crippen LogP contribution in [-0.4, -0.2) is 5.91 Å². The van der Waals surface area contributed by atoms with Crippen LogP contribution >= 0.6 is 0 Å². The molecule has 1 aromatic heterocycles. The average Bonchev–Trinajstić information content (AvgIpc) is 2.72. The Morgan fingerprint density at radius 2 is 2.00 bits per heavy atom. The van der Waals surface area contributed by atoms with Crippen molar-refractivity contribution in [2.75, 3.05) is 5.32 Å². The van der Waals surface area contributed by atoms with Gasteiger partial charge in [0, 0.05) is 18.6 Å². The summed E-state index contributed by atoms with van der Waals surface area (Å²) in [5, 5.41) is 11.5. The van der Waals surface area contributed by atoms with Crippen LogP contribution in [0, 0.1) is 18.3 Å². The van der Waals surface area contributed by atoms with Crippen LogP contribution in [0.5, 0.6) is 0 Å². The fraction of sp³-hybridized carbons (Fsp3) is 0.143. The van der Waals surface area contributed by atoms with E-state index in [2.05, 4.69) is 5.32 Å². The molecule has 1 heterocycles. The first-order valence-electron chi connectivity index (χ1n) is 5.48. The van der Waals surface area contributed by atoms with E-state index in [4.69, 9.17) is 9.68 Å². The van der Waals surface area contributed by atoms with Crippen LogP contribution in [0.15, 0.2) is 34.7 Å². The lowest BCUT2D eigenvalue weighted by atomic mass is 10.1. The van der Waals surface area contributed by atoms with Crippen LogP contribution in [0.25, 0.3) is 11.3 Å². The van der Waals surface area contributed by atoms with Crippen LogP contribution in [0.3, 0.4) is 0 Å². The predicted octanol–water partition coefficient (Wildman–Crippen LogP) is 3.09. The van der Waals surface area contributed by atoms with Gasteiger partial charge in [0.2, 0.25) is 11.8 Å². The molecule has 0 saturated heterocycles. The van der Waals surface area contributed by atoms with E-state index in [0.29, 0.717) is 11.3 Å². The Balaban J connectivity index is 2.41. The highest BCUT2D eigenvalue weighted by Crippen LogP contribution is 2.28. The summed E-state index contributed by atoms with van der Waals surface area (Å²) in [5.74, 6) is 0.493. The fourth-order valence-corrected chi connectivity index (χ4v) is 1.59. The highest BCUT2D eigenvalue weighted by atomic mass is 16.4. The number of anilines is 1. The van der Waals surface area contributed by atoms with Gasteiger partial charge in [-0.05, 0) is 6.92 Å². The van der Waals surface area contributed by atoms with E-state index in [1.807, 2.05) is 37.3 Å². The maximum atomic E-state index is 11.0. The van der Waals surface area contributed by atoms with E-state index in [1.165, 1.54) is 6.92 Å². The van der Waals surface area contributed by atoms with Crippen molar-refractivity contribution in [3.05, 3.63) is 41.5 Å². The van der Waals surface area contributed by atoms with E-state index < -0.39 is 0 Å². The SMILES string of the molecule is CC(=O)Nc1oc(-c2ccc(C)cc2)cc1C#N. The van der Waals surface area contributed by atoms with Gasteiger partial charge in [-0.25, -0.2) is 0 Å². The maximum Gasteiger partial charge on any atom is 0.223 e. The Bertz CT molecular complexity index is 618. The third-order valence-electron chi connectivity index (χ3n) is 2.48. The molecule has 2 aromatic rings. The summed E-state index contributed by atoms with van der Waals surface area (Å²) in [5.41, 5.74) is 2.34. The summed E-state index contributed by atoms with van der Waals surface area (Å²) >= 11 is 0. The Kier molecular flexibility index (Phi) is 3.16. The fourth-order valence-electron chi connectivity index (χ4n) is 1.59. The van der Waals surface area contributed by atoms with Crippen molar-refractivity contribution in [1.82, 2.24) is 0 Å². The van der Waals surface area contributed by atoms with Crippen molar-refractivity contribution in [2.24, 2.45) is 0 Å². The lowest BCUT2D eigenvalue weighted by molar-refractivity contribution is -0.114. The first-order chi connectivity index (χ1) is 8.60. The smallest absolute Gasteiger partial charge is 0.223 e. The Morgan fingerprint density at radius 1 is 1.33 bits per heavy atom. The van der Waals surface area contributed by atoms with Gasteiger partial charge in [0.25, 0.3) is 0 Å². The summed E-state index contributed by atoms with van der Waals surface area (Å²) in [6, 6.07) is 11.4. The van der Waals surface area contributed by atoms with E-state index in [0.717, 1.165) is 11.1 Å². The average molecular weight is 240 g/mol. The second-order valence-electron chi connectivity index (χ2n) is 4.01. The first-order valence-corrected chi connectivity index (χ1v) is 5.48. The second-order valence-corrected chi connectivity index (χ2v) is 4.01. The number of nitrogens with one attached hydrogen (secondary N) is 1. The number of nitriles is 1. The molecule has 0 aliphatic carbocycles. The number of carbonyl (C=O) groups is 1. The Hall–Kier alpha value is -2.54. The van der Waals surface area contributed by atoms with Crippen LogP contribution in [0.1, 0.15) is 18.1 Å². The van der Waals surface area contributed by atoms with Crippen molar-refractivity contribution < 1.29 is 9.21 Å². The Labute approximate surface area is 105 Å². The van der Waals surface area contributed by atoms with Crippen molar-refractivity contribution in [2.45, 2.75) is 13.8 Å². The van der Waals surface area contributed by atoms with Gasteiger partial charge in [-0.1, -0.05) is 29.8 Å². The number of hydrogen-bond acceptors (Lipinski definition) is 3. The van der Waals surface area contributed by atoms with Crippen molar-refractivity contribution >= 4 is 11.8 Å². The Morgan fingerprint density at radius 3 is 2.56 bits per heavy atom. The van der Waals surface area contributed by atoms with Crippen LogP contribution < -0.4 is 5.32 Å². The molecule has 0 aliphatic rings. The molecule has 0 saturated carbocycles. The highest BCUT2D eigenvalue weighted by molar-refractivity contribution is 5.89. The predicted molar refractivity (Wildman–Crippen MR) is 67.9 cm³/mol. The third kappa shape index (κ3) is 2.41. The number of hydrogen-bond donors (Lipinski definition) is 1. The molecule has 0 radical (unpaired) electrons. The van der Waals surface area contributed by atoms with Crippen LogP contribution in [0.2, 0.25) is 0 Å². The highest BCUT2D eigenvalue weighted by Gasteiger charge is 2.13. The number of furan rings is 1. The molecule has 4 heteroatoms. The van der Waals surface area contributed by atoms with Gasteiger partial charge in [-0.15, -0.1) is 0 Å². The molecular formula is C14H12N2O2. The molecule has 90 valence electrons. The molecule has 1 amide bonds.